The van der Waals surface area contributed by atoms with Crippen molar-refractivity contribution in [3.05, 3.63) is 18.0 Å². The summed E-state index contributed by atoms with van der Waals surface area (Å²) in [6.45, 7) is 0.811. The molecule has 1 aromatic heterocycles. The first-order chi connectivity index (χ1) is 9.75. The molecule has 0 radical (unpaired) electrons. The van der Waals surface area contributed by atoms with E-state index in [-0.39, 0.29) is 0 Å². The van der Waals surface area contributed by atoms with Crippen LogP contribution in [0.2, 0.25) is 0 Å². The number of aromatic amines is 1. The second kappa shape index (κ2) is 8.04. The Labute approximate surface area is 120 Å². The maximum atomic E-state index is 11.3. The lowest BCUT2D eigenvalue weighted by atomic mass is 9.91. The molecule has 3 N–H and O–H groups in total. The molecule has 0 saturated heterocycles. The van der Waals surface area contributed by atoms with Crippen molar-refractivity contribution in [2.75, 3.05) is 6.54 Å². The molecular weight excluding hydrogens is 254 g/mol. The highest BCUT2D eigenvalue weighted by Gasteiger charge is 2.20. The number of rotatable bonds is 6. The highest BCUT2D eigenvalue weighted by molar-refractivity contribution is 5.73. The molecule has 5 heteroatoms. The summed E-state index contributed by atoms with van der Waals surface area (Å²) >= 11 is 0. The van der Waals surface area contributed by atoms with Gasteiger partial charge in [-0.3, -0.25) is 9.89 Å². The zero-order valence-corrected chi connectivity index (χ0v) is 12.0. The van der Waals surface area contributed by atoms with E-state index in [4.69, 9.17) is 0 Å². The lowest BCUT2D eigenvalue weighted by molar-refractivity contribution is -0.139. The third-order valence-electron chi connectivity index (χ3n) is 4.16. The average molecular weight is 279 g/mol. The van der Waals surface area contributed by atoms with E-state index < -0.39 is 12.0 Å². The van der Waals surface area contributed by atoms with Gasteiger partial charge in [-0.25, -0.2) is 0 Å². The number of H-pyrrole nitrogens is 1. The fraction of sp³-hybridized carbons (Fsp3) is 0.733. The predicted octanol–water partition coefficient (Wildman–Crippen LogP) is 2.36. The zero-order chi connectivity index (χ0) is 14.2. The van der Waals surface area contributed by atoms with Gasteiger partial charge in [0.2, 0.25) is 0 Å². The summed E-state index contributed by atoms with van der Waals surface area (Å²) in [7, 11) is 0. The van der Waals surface area contributed by atoms with E-state index in [1.807, 2.05) is 6.07 Å². The number of aliphatic carboxylic acids is 1. The van der Waals surface area contributed by atoms with Gasteiger partial charge in [0.05, 0.1) is 0 Å². The normalized spacial score (nSPS) is 19.2. The minimum Gasteiger partial charge on any atom is -0.480 e. The molecule has 2 rings (SSSR count). The molecule has 0 amide bonds. The van der Waals surface area contributed by atoms with Gasteiger partial charge in [0.25, 0.3) is 0 Å². The van der Waals surface area contributed by atoms with Crippen molar-refractivity contribution in [3.63, 3.8) is 0 Å². The van der Waals surface area contributed by atoms with Crippen molar-refractivity contribution in [2.45, 2.75) is 57.4 Å². The third-order valence-corrected chi connectivity index (χ3v) is 4.16. The van der Waals surface area contributed by atoms with Crippen LogP contribution in [0.4, 0.5) is 0 Å². The van der Waals surface area contributed by atoms with Crippen molar-refractivity contribution in [2.24, 2.45) is 5.92 Å². The average Bonchev–Trinajstić information content (AvgIpc) is 2.88. The summed E-state index contributed by atoms with van der Waals surface area (Å²) in [5, 5.41) is 19.2. The van der Waals surface area contributed by atoms with Crippen molar-refractivity contribution in [3.8, 4) is 0 Å². The van der Waals surface area contributed by atoms with Crippen LogP contribution in [0.3, 0.4) is 0 Å². The molecule has 1 atom stereocenters. The van der Waals surface area contributed by atoms with Gasteiger partial charge in [-0.15, -0.1) is 0 Å². The number of hydrogen-bond donors (Lipinski definition) is 3. The predicted molar refractivity (Wildman–Crippen MR) is 77.5 cm³/mol. The van der Waals surface area contributed by atoms with Crippen LogP contribution in [0.25, 0.3) is 0 Å². The Hall–Kier alpha value is -1.36. The summed E-state index contributed by atoms with van der Waals surface area (Å²) in [4.78, 5) is 11.3. The van der Waals surface area contributed by atoms with E-state index in [0.717, 1.165) is 12.2 Å². The van der Waals surface area contributed by atoms with Gasteiger partial charge < -0.3 is 10.4 Å². The topological polar surface area (TPSA) is 78.0 Å². The molecule has 0 aliphatic heterocycles. The molecule has 112 valence electrons. The summed E-state index contributed by atoms with van der Waals surface area (Å²) in [5.74, 6) is -0.163. The van der Waals surface area contributed by atoms with Crippen molar-refractivity contribution < 1.29 is 9.90 Å². The standard InChI is InChI=1S/C15H25N3O2/c19-15(20)14(10-13-8-9-17-18-13)16-11-12-6-4-2-1-3-5-7-12/h8-9,12,14,16H,1-7,10-11H2,(H,17,18)(H,19,20). The Morgan fingerprint density at radius 1 is 1.35 bits per heavy atom. The Balaban J connectivity index is 1.80. The fourth-order valence-electron chi connectivity index (χ4n) is 2.92. The first-order valence-electron chi connectivity index (χ1n) is 7.70. The van der Waals surface area contributed by atoms with Gasteiger partial charge in [-0.2, -0.15) is 5.10 Å². The third kappa shape index (κ3) is 4.96. The lowest BCUT2D eigenvalue weighted by Crippen LogP contribution is -2.41. The summed E-state index contributed by atoms with van der Waals surface area (Å²) < 4.78 is 0. The Bertz CT molecular complexity index is 384. The number of nitrogens with zero attached hydrogens (tertiary/aromatic N) is 1. The Morgan fingerprint density at radius 3 is 2.65 bits per heavy atom. The minimum absolute atomic E-state index is 0.460. The van der Waals surface area contributed by atoms with E-state index in [1.54, 1.807) is 6.20 Å². The molecule has 1 aliphatic rings. The quantitative estimate of drug-likeness (QED) is 0.747. The van der Waals surface area contributed by atoms with E-state index >= 15 is 0 Å². The highest BCUT2D eigenvalue weighted by atomic mass is 16.4. The molecule has 1 aromatic rings. The SMILES string of the molecule is O=C(O)C(Cc1ccn[nH]1)NCC1CCCCCCC1. The van der Waals surface area contributed by atoms with Crippen LogP contribution in [-0.4, -0.2) is 33.9 Å². The van der Waals surface area contributed by atoms with Crippen molar-refractivity contribution in [1.29, 1.82) is 0 Å². The first-order valence-corrected chi connectivity index (χ1v) is 7.70. The maximum absolute atomic E-state index is 11.3. The van der Waals surface area contributed by atoms with Crippen LogP contribution in [-0.2, 0) is 11.2 Å². The van der Waals surface area contributed by atoms with Gasteiger partial charge >= 0.3 is 5.97 Å². The molecule has 1 unspecified atom stereocenters. The molecule has 0 bridgehead atoms. The molecule has 20 heavy (non-hydrogen) atoms. The summed E-state index contributed by atoms with van der Waals surface area (Å²) in [6.07, 6.45) is 11.1. The van der Waals surface area contributed by atoms with Gasteiger partial charge in [0, 0.05) is 18.3 Å². The first kappa shape index (κ1) is 15.0. The number of carboxylic acids is 1. The van der Waals surface area contributed by atoms with Gasteiger partial charge in [0.15, 0.2) is 0 Å². The van der Waals surface area contributed by atoms with Gasteiger partial charge in [-0.1, -0.05) is 32.1 Å². The number of carbonyl (C=O) groups is 1. The molecule has 0 aromatic carbocycles. The van der Waals surface area contributed by atoms with E-state index in [1.165, 1.54) is 44.9 Å². The van der Waals surface area contributed by atoms with Crippen LogP contribution in [0.15, 0.2) is 12.3 Å². The van der Waals surface area contributed by atoms with E-state index in [9.17, 15) is 9.90 Å². The van der Waals surface area contributed by atoms with Crippen LogP contribution < -0.4 is 5.32 Å². The van der Waals surface area contributed by atoms with E-state index in [2.05, 4.69) is 15.5 Å². The summed E-state index contributed by atoms with van der Waals surface area (Å²) in [6, 6.07) is 1.30. The van der Waals surface area contributed by atoms with Crippen LogP contribution in [0, 0.1) is 5.92 Å². The zero-order valence-electron chi connectivity index (χ0n) is 12.0. The van der Waals surface area contributed by atoms with Crippen LogP contribution in [0.1, 0.15) is 50.6 Å². The number of nitrogens with one attached hydrogen (secondary N) is 2. The number of hydrogen-bond acceptors (Lipinski definition) is 3. The van der Waals surface area contributed by atoms with Crippen LogP contribution >= 0.6 is 0 Å². The minimum atomic E-state index is -0.787. The molecule has 0 spiro atoms. The largest absolute Gasteiger partial charge is 0.480 e. The molecular formula is C15H25N3O2. The smallest absolute Gasteiger partial charge is 0.321 e. The second-order valence-electron chi connectivity index (χ2n) is 5.80. The molecule has 1 aliphatic carbocycles. The second-order valence-corrected chi connectivity index (χ2v) is 5.80. The van der Waals surface area contributed by atoms with Crippen molar-refractivity contribution in [1.82, 2.24) is 15.5 Å². The molecule has 5 nitrogen and oxygen atoms in total. The van der Waals surface area contributed by atoms with Gasteiger partial charge in [-0.05, 0) is 31.4 Å². The number of carboxylic acid groups (broad SMARTS) is 1. The van der Waals surface area contributed by atoms with Crippen LogP contribution in [0.5, 0.6) is 0 Å². The number of aromatic nitrogens is 2. The maximum Gasteiger partial charge on any atom is 0.321 e. The van der Waals surface area contributed by atoms with Crippen molar-refractivity contribution >= 4 is 5.97 Å². The molecule has 1 saturated carbocycles. The molecule has 1 fully saturated rings. The summed E-state index contributed by atoms with van der Waals surface area (Å²) in [5.41, 5.74) is 0.863. The Kier molecular flexibility index (Phi) is 6.05. The molecule has 1 heterocycles. The van der Waals surface area contributed by atoms with Gasteiger partial charge in [0.1, 0.15) is 6.04 Å². The fourth-order valence-corrected chi connectivity index (χ4v) is 2.92. The monoisotopic (exact) mass is 279 g/mol. The van der Waals surface area contributed by atoms with E-state index in [0.29, 0.717) is 12.3 Å². The Morgan fingerprint density at radius 2 is 2.05 bits per heavy atom. The lowest BCUT2D eigenvalue weighted by Gasteiger charge is -2.22. The highest BCUT2D eigenvalue weighted by Crippen LogP contribution is 2.21.